The molecule has 2 rings (SSSR count). The number of pyridine rings is 1. The van der Waals surface area contributed by atoms with Crippen LogP contribution in [0.1, 0.15) is 12.0 Å². The van der Waals surface area contributed by atoms with Crippen LogP contribution >= 0.6 is 0 Å². The first kappa shape index (κ1) is 15.9. The van der Waals surface area contributed by atoms with E-state index in [4.69, 9.17) is 0 Å². The lowest BCUT2D eigenvalue weighted by Crippen LogP contribution is -2.47. The molecule has 1 aromatic heterocycles. The van der Waals surface area contributed by atoms with E-state index >= 15 is 0 Å². The second-order valence-electron chi connectivity index (χ2n) is 4.85. The van der Waals surface area contributed by atoms with Gasteiger partial charge in [-0.1, -0.05) is 0 Å². The van der Waals surface area contributed by atoms with Crippen LogP contribution in [-0.2, 0) is 21.4 Å². The van der Waals surface area contributed by atoms with E-state index < -0.39 is 10.0 Å². The van der Waals surface area contributed by atoms with Crippen molar-refractivity contribution in [2.45, 2.75) is 13.0 Å². The summed E-state index contributed by atoms with van der Waals surface area (Å²) in [6, 6.07) is 3.61. The molecule has 2 heterocycles. The van der Waals surface area contributed by atoms with Crippen molar-refractivity contribution in [1.82, 2.24) is 19.9 Å². The molecule has 7 nitrogen and oxygen atoms in total. The smallest absolute Gasteiger partial charge is 0.221 e. The van der Waals surface area contributed by atoms with Crippen molar-refractivity contribution in [3.8, 4) is 0 Å². The number of aromatic nitrogens is 1. The van der Waals surface area contributed by atoms with Crippen molar-refractivity contribution in [2.24, 2.45) is 0 Å². The summed E-state index contributed by atoms with van der Waals surface area (Å²) in [5.41, 5.74) is 0.934. The average Bonchev–Trinajstić information content (AvgIpc) is 2.53. The van der Waals surface area contributed by atoms with E-state index in [9.17, 15) is 13.2 Å². The molecule has 0 spiro atoms. The number of piperazine rings is 1. The summed E-state index contributed by atoms with van der Waals surface area (Å²) in [5.74, 6) is -0.402. The third kappa shape index (κ3) is 5.07. The number of nitrogens with zero attached hydrogens (tertiary/aromatic N) is 2. The Labute approximate surface area is 124 Å². The second-order valence-corrected chi connectivity index (χ2v) is 6.94. The Morgan fingerprint density at radius 3 is 2.62 bits per heavy atom. The van der Waals surface area contributed by atoms with Crippen molar-refractivity contribution < 1.29 is 13.2 Å². The standard InChI is InChI=1S/C13H20N4O3S/c18-13(16-11-12-1-4-14-5-2-12)3-10-21(19,20)17-8-6-15-7-9-17/h1-2,4-5,15H,3,6-11H2,(H,16,18). The summed E-state index contributed by atoms with van der Waals surface area (Å²) in [7, 11) is -3.34. The molecular formula is C13H20N4O3S. The molecule has 0 bridgehead atoms. The van der Waals surface area contributed by atoms with Gasteiger partial charge in [-0.3, -0.25) is 9.78 Å². The van der Waals surface area contributed by atoms with Crippen LogP contribution in [0.4, 0.5) is 0 Å². The first-order chi connectivity index (χ1) is 10.1. The molecule has 0 radical (unpaired) electrons. The topological polar surface area (TPSA) is 91.4 Å². The molecule has 1 aliphatic rings. The molecule has 0 unspecified atom stereocenters. The molecule has 8 heteroatoms. The Hall–Kier alpha value is -1.51. The minimum absolute atomic E-state index is 0.0165. The summed E-state index contributed by atoms with van der Waals surface area (Å²) in [6.07, 6.45) is 3.28. The zero-order chi connectivity index (χ0) is 15.1. The monoisotopic (exact) mass is 312 g/mol. The van der Waals surface area contributed by atoms with Gasteiger partial charge in [-0.05, 0) is 17.7 Å². The average molecular weight is 312 g/mol. The number of hydrogen-bond donors (Lipinski definition) is 2. The van der Waals surface area contributed by atoms with Crippen molar-refractivity contribution in [3.05, 3.63) is 30.1 Å². The van der Waals surface area contributed by atoms with Gasteiger partial charge in [0.2, 0.25) is 15.9 Å². The van der Waals surface area contributed by atoms with E-state index in [0.717, 1.165) is 5.56 Å². The summed E-state index contributed by atoms with van der Waals surface area (Å²) in [6.45, 7) is 2.65. The van der Waals surface area contributed by atoms with Crippen LogP contribution in [0.25, 0.3) is 0 Å². The number of sulfonamides is 1. The summed E-state index contributed by atoms with van der Waals surface area (Å²) in [5, 5.41) is 5.81. The fourth-order valence-corrected chi connectivity index (χ4v) is 3.50. The highest BCUT2D eigenvalue weighted by molar-refractivity contribution is 7.89. The van der Waals surface area contributed by atoms with Gasteiger partial charge in [0, 0.05) is 51.5 Å². The molecule has 1 aromatic rings. The van der Waals surface area contributed by atoms with Gasteiger partial charge in [0.15, 0.2) is 0 Å². The fourth-order valence-electron chi connectivity index (χ4n) is 2.06. The maximum Gasteiger partial charge on any atom is 0.221 e. The quantitative estimate of drug-likeness (QED) is 0.726. The molecular weight excluding hydrogens is 292 g/mol. The van der Waals surface area contributed by atoms with Crippen LogP contribution in [0.2, 0.25) is 0 Å². The second kappa shape index (κ2) is 7.48. The van der Waals surface area contributed by atoms with Gasteiger partial charge in [0.1, 0.15) is 0 Å². The summed E-state index contributed by atoms with van der Waals surface area (Å²) < 4.78 is 25.6. The molecule has 1 saturated heterocycles. The third-order valence-electron chi connectivity index (χ3n) is 3.30. The highest BCUT2D eigenvalue weighted by atomic mass is 32.2. The lowest BCUT2D eigenvalue weighted by atomic mass is 10.2. The van der Waals surface area contributed by atoms with Crippen LogP contribution < -0.4 is 10.6 Å². The minimum Gasteiger partial charge on any atom is -0.352 e. The van der Waals surface area contributed by atoms with Gasteiger partial charge in [-0.15, -0.1) is 0 Å². The van der Waals surface area contributed by atoms with Crippen molar-refractivity contribution in [2.75, 3.05) is 31.9 Å². The van der Waals surface area contributed by atoms with E-state index in [1.807, 2.05) is 0 Å². The molecule has 0 aromatic carbocycles. The van der Waals surface area contributed by atoms with Crippen molar-refractivity contribution in [1.29, 1.82) is 0 Å². The van der Waals surface area contributed by atoms with E-state index in [1.54, 1.807) is 24.5 Å². The Bertz CT molecular complexity index is 556. The predicted octanol–water partition coefficient (Wildman–Crippen LogP) is -0.677. The van der Waals surface area contributed by atoms with E-state index in [-0.39, 0.29) is 18.1 Å². The third-order valence-corrected chi connectivity index (χ3v) is 5.17. The van der Waals surface area contributed by atoms with E-state index in [0.29, 0.717) is 32.7 Å². The number of hydrogen-bond acceptors (Lipinski definition) is 5. The van der Waals surface area contributed by atoms with Crippen LogP contribution in [0.3, 0.4) is 0 Å². The molecule has 116 valence electrons. The first-order valence-corrected chi connectivity index (χ1v) is 8.53. The number of carbonyl (C=O) groups is 1. The van der Waals surface area contributed by atoms with Gasteiger partial charge in [-0.25, -0.2) is 8.42 Å². The highest BCUT2D eigenvalue weighted by Crippen LogP contribution is 2.05. The fraction of sp³-hybridized carbons (Fsp3) is 0.538. The van der Waals surface area contributed by atoms with Gasteiger partial charge >= 0.3 is 0 Å². The SMILES string of the molecule is O=C(CCS(=O)(=O)N1CCNCC1)NCc1ccncc1. The van der Waals surface area contributed by atoms with Crippen molar-refractivity contribution >= 4 is 15.9 Å². The molecule has 2 N–H and O–H groups in total. The Morgan fingerprint density at radius 2 is 1.95 bits per heavy atom. The molecule has 0 aliphatic carbocycles. The zero-order valence-electron chi connectivity index (χ0n) is 11.8. The van der Waals surface area contributed by atoms with E-state index in [2.05, 4.69) is 15.6 Å². The van der Waals surface area contributed by atoms with Gasteiger partial charge < -0.3 is 10.6 Å². The molecule has 0 atom stereocenters. The van der Waals surface area contributed by atoms with Crippen molar-refractivity contribution in [3.63, 3.8) is 0 Å². The maximum atomic E-state index is 12.1. The highest BCUT2D eigenvalue weighted by Gasteiger charge is 2.24. The molecule has 21 heavy (non-hydrogen) atoms. The zero-order valence-corrected chi connectivity index (χ0v) is 12.6. The molecule has 1 amide bonds. The normalized spacial score (nSPS) is 16.6. The van der Waals surface area contributed by atoms with Gasteiger partial charge in [-0.2, -0.15) is 4.31 Å². The largest absolute Gasteiger partial charge is 0.352 e. The molecule has 0 saturated carbocycles. The lowest BCUT2D eigenvalue weighted by Gasteiger charge is -2.26. The maximum absolute atomic E-state index is 12.1. The van der Waals surface area contributed by atoms with Crippen LogP contribution in [0.15, 0.2) is 24.5 Å². The Kier molecular flexibility index (Phi) is 5.66. The Balaban J connectivity index is 1.75. The number of rotatable bonds is 6. The van der Waals surface area contributed by atoms with Crippen LogP contribution in [0, 0.1) is 0 Å². The number of carbonyl (C=O) groups excluding carboxylic acids is 1. The van der Waals surface area contributed by atoms with Crippen LogP contribution in [-0.4, -0.2) is 55.5 Å². The first-order valence-electron chi connectivity index (χ1n) is 6.92. The van der Waals surface area contributed by atoms with Crippen LogP contribution in [0.5, 0.6) is 0 Å². The number of nitrogens with one attached hydrogen (secondary N) is 2. The summed E-state index contributed by atoms with van der Waals surface area (Å²) >= 11 is 0. The van der Waals surface area contributed by atoms with Gasteiger partial charge in [0.05, 0.1) is 5.75 Å². The van der Waals surface area contributed by atoms with Gasteiger partial charge in [0.25, 0.3) is 0 Å². The predicted molar refractivity (Wildman–Crippen MR) is 78.9 cm³/mol. The molecule has 1 fully saturated rings. The number of amides is 1. The summed E-state index contributed by atoms with van der Waals surface area (Å²) in [4.78, 5) is 15.6. The minimum atomic E-state index is -3.34. The molecule has 1 aliphatic heterocycles. The lowest BCUT2D eigenvalue weighted by molar-refractivity contribution is -0.120. The van der Waals surface area contributed by atoms with E-state index in [1.165, 1.54) is 4.31 Å². The Morgan fingerprint density at radius 1 is 1.29 bits per heavy atom.